The number of rotatable bonds is 6. The molecule has 0 saturated carbocycles. The van der Waals surface area contributed by atoms with E-state index in [1.54, 1.807) is 42.5 Å². The second kappa shape index (κ2) is 8.57. The Labute approximate surface area is 170 Å². The van der Waals surface area contributed by atoms with E-state index in [1.165, 1.54) is 11.0 Å². The van der Waals surface area contributed by atoms with Gasteiger partial charge in [0.05, 0.1) is 11.6 Å². The maximum atomic E-state index is 14.6. The largest absolute Gasteiger partial charge is 0.507 e. The highest BCUT2D eigenvalue weighted by Gasteiger charge is 2.46. The number of halogens is 1. The molecule has 0 spiro atoms. The molecule has 0 radical (unpaired) electrons. The van der Waals surface area contributed by atoms with Gasteiger partial charge < -0.3 is 14.9 Å². The highest BCUT2D eigenvalue weighted by atomic mass is 19.1. The van der Waals surface area contributed by atoms with E-state index < -0.39 is 23.5 Å². The number of aliphatic hydroxyl groups is 1. The number of carbonyl (C=O) groups is 2. The van der Waals surface area contributed by atoms with Crippen molar-refractivity contribution in [3.8, 4) is 0 Å². The number of amides is 1. The maximum absolute atomic E-state index is 14.6. The Balaban J connectivity index is 2.11. The highest BCUT2D eigenvalue weighted by molar-refractivity contribution is 6.46. The van der Waals surface area contributed by atoms with E-state index >= 15 is 0 Å². The van der Waals surface area contributed by atoms with Gasteiger partial charge in [-0.05, 0) is 40.1 Å². The summed E-state index contributed by atoms with van der Waals surface area (Å²) in [5.74, 6) is -2.31. The molecule has 1 heterocycles. The first-order valence-corrected chi connectivity index (χ1v) is 9.56. The first-order valence-electron chi connectivity index (χ1n) is 9.56. The first kappa shape index (κ1) is 20.7. The summed E-state index contributed by atoms with van der Waals surface area (Å²) in [6.45, 7) is 2.91. The number of ketones is 1. The van der Waals surface area contributed by atoms with Crippen LogP contribution in [-0.4, -0.2) is 53.8 Å². The van der Waals surface area contributed by atoms with Crippen LogP contribution in [0.3, 0.4) is 0 Å². The molecule has 5 nitrogen and oxygen atoms in total. The van der Waals surface area contributed by atoms with Crippen LogP contribution in [0.15, 0.2) is 54.1 Å². The average Bonchev–Trinajstić information content (AvgIpc) is 2.93. The standard InChI is InChI=1S/C23H25FN2O3/c1-15-9-11-16(12-10-15)21(27)19-20(17-7-4-5-8-18(17)24)26(23(29)22(19)28)14-6-13-25(2)3/h4-5,7-12,20,27H,6,13-14H2,1-3H3. The maximum Gasteiger partial charge on any atom is 0.295 e. The Morgan fingerprint density at radius 3 is 2.38 bits per heavy atom. The van der Waals surface area contributed by atoms with E-state index in [2.05, 4.69) is 0 Å². The lowest BCUT2D eigenvalue weighted by atomic mass is 9.94. The molecule has 0 aliphatic carbocycles. The molecular formula is C23H25FN2O3. The van der Waals surface area contributed by atoms with Gasteiger partial charge in [0.25, 0.3) is 11.7 Å². The predicted octanol–water partition coefficient (Wildman–Crippen LogP) is 3.51. The van der Waals surface area contributed by atoms with Crippen LogP contribution in [-0.2, 0) is 9.59 Å². The highest BCUT2D eigenvalue weighted by Crippen LogP contribution is 2.40. The number of likely N-dealkylation sites (tertiary alicyclic amines) is 1. The molecule has 1 fully saturated rings. The molecule has 1 saturated heterocycles. The zero-order valence-electron chi connectivity index (χ0n) is 16.9. The first-order chi connectivity index (χ1) is 13.8. The van der Waals surface area contributed by atoms with Gasteiger partial charge in [0, 0.05) is 17.7 Å². The number of aliphatic hydroxyl groups excluding tert-OH is 1. The zero-order valence-corrected chi connectivity index (χ0v) is 16.9. The van der Waals surface area contributed by atoms with Crippen molar-refractivity contribution in [2.24, 2.45) is 0 Å². The van der Waals surface area contributed by atoms with Crippen molar-refractivity contribution in [3.63, 3.8) is 0 Å². The van der Waals surface area contributed by atoms with E-state index in [4.69, 9.17) is 0 Å². The summed E-state index contributed by atoms with van der Waals surface area (Å²) < 4.78 is 14.6. The van der Waals surface area contributed by atoms with Crippen LogP contribution < -0.4 is 0 Å². The fourth-order valence-corrected chi connectivity index (χ4v) is 3.56. The van der Waals surface area contributed by atoms with Crippen LogP contribution >= 0.6 is 0 Å². The van der Waals surface area contributed by atoms with Crippen molar-refractivity contribution < 1.29 is 19.1 Å². The van der Waals surface area contributed by atoms with Crippen molar-refractivity contribution in [2.75, 3.05) is 27.2 Å². The molecule has 1 unspecified atom stereocenters. The van der Waals surface area contributed by atoms with Crippen LogP contribution in [0.4, 0.5) is 4.39 Å². The molecule has 2 aromatic rings. The van der Waals surface area contributed by atoms with Crippen LogP contribution in [0.2, 0.25) is 0 Å². The Hall–Kier alpha value is -2.99. The molecule has 0 bridgehead atoms. The third kappa shape index (κ3) is 4.22. The van der Waals surface area contributed by atoms with E-state index in [0.717, 1.165) is 5.56 Å². The van der Waals surface area contributed by atoms with Crippen LogP contribution in [0, 0.1) is 12.7 Å². The van der Waals surface area contributed by atoms with Crippen LogP contribution in [0.5, 0.6) is 0 Å². The summed E-state index contributed by atoms with van der Waals surface area (Å²) in [6.07, 6.45) is 0.621. The van der Waals surface area contributed by atoms with Gasteiger partial charge in [0.1, 0.15) is 11.6 Å². The molecule has 3 rings (SSSR count). The number of hydrogen-bond donors (Lipinski definition) is 1. The number of aryl methyl sites for hydroxylation is 1. The summed E-state index contributed by atoms with van der Waals surface area (Å²) in [5.41, 5.74) is 1.54. The van der Waals surface area contributed by atoms with Crippen molar-refractivity contribution in [2.45, 2.75) is 19.4 Å². The number of nitrogens with zero attached hydrogens (tertiary/aromatic N) is 2. The molecule has 29 heavy (non-hydrogen) atoms. The third-order valence-corrected chi connectivity index (χ3v) is 5.07. The molecule has 152 valence electrons. The minimum Gasteiger partial charge on any atom is -0.507 e. The van der Waals surface area contributed by atoms with Gasteiger partial charge in [-0.2, -0.15) is 0 Å². The normalized spacial score (nSPS) is 18.7. The molecular weight excluding hydrogens is 371 g/mol. The Kier molecular flexibility index (Phi) is 6.13. The van der Waals surface area contributed by atoms with Gasteiger partial charge in [-0.15, -0.1) is 0 Å². The van der Waals surface area contributed by atoms with Gasteiger partial charge in [-0.1, -0.05) is 48.0 Å². The number of carbonyl (C=O) groups excluding carboxylic acids is 2. The SMILES string of the molecule is Cc1ccc(C(O)=C2C(=O)C(=O)N(CCCN(C)C)C2c2ccccc2F)cc1. The van der Waals surface area contributed by atoms with Crippen LogP contribution in [0.1, 0.15) is 29.2 Å². The predicted molar refractivity (Wildman–Crippen MR) is 110 cm³/mol. The summed E-state index contributed by atoms with van der Waals surface area (Å²) in [7, 11) is 3.83. The molecule has 6 heteroatoms. The molecule has 1 amide bonds. The molecule has 0 aromatic heterocycles. The lowest BCUT2D eigenvalue weighted by Gasteiger charge is -2.26. The van der Waals surface area contributed by atoms with Crippen molar-refractivity contribution in [1.29, 1.82) is 0 Å². The average molecular weight is 396 g/mol. The minimum absolute atomic E-state index is 0.0752. The number of Topliss-reactive ketones (excluding diaryl/α,β-unsaturated/α-hetero) is 1. The van der Waals surface area contributed by atoms with Gasteiger partial charge in [-0.25, -0.2) is 4.39 Å². The smallest absolute Gasteiger partial charge is 0.295 e. The van der Waals surface area contributed by atoms with Gasteiger partial charge in [0.2, 0.25) is 0 Å². The molecule has 1 N–H and O–H groups in total. The summed E-state index contributed by atoms with van der Waals surface area (Å²) in [6, 6.07) is 12.1. The fraction of sp³-hybridized carbons (Fsp3) is 0.304. The topological polar surface area (TPSA) is 60.9 Å². The van der Waals surface area contributed by atoms with E-state index in [-0.39, 0.29) is 23.4 Å². The Bertz CT molecular complexity index is 951. The van der Waals surface area contributed by atoms with E-state index in [0.29, 0.717) is 18.5 Å². The Morgan fingerprint density at radius 1 is 1.10 bits per heavy atom. The lowest BCUT2D eigenvalue weighted by Crippen LogP contribution is -2.32. The van der Waals surface area contributed by atoms with Crippen LogP contribution in [0.25, 0.3) is 5.76 Å². The quantitative estimate of drug-likeness (QED) is 0.461. The minimum atomic E-state index is -0.959. The van der Waals surface area contributed by atoms with Gasteiger partial charge >= 0.3 is 0 Å². The van der Waals surface area contributed by atoms with Gasteiger partial charge in [0.15, 0.2) is 0 Å². The third-order valence-electron chi connectivity index (χ3n) is 5.07. The van der Waals surface area contributed by atoms with Gasteiger partial charge in [-0.3, -0.25) is 9.59 Å². The summed E-state index contributed by atoms with van der Waals surface area (Å²) in [5, 5.41) is 10.9. The van der Waals surface area contributed by atoms with Crippen molar-refractivity contribution in [1.82, 2.24) is 9.80 Å². The molecule has 1 aliphatic rings. The van der Waals surface area contributed by atoms with E-state index in [1.807, 2.05) is 25.9 Å². The Morgan fingerprint density at radius 2 is 1.76 bits per heavy atom. The number of benzene rings is 2. The van der Waals surface area contributed by atoms with Crippen molar-refractivity contribution in [3.05, 3.63) is 76.6 Å². The molecule has 1 atom stereocenters. The lowest BCUT2D eigenvalue weighted by molar-refractivity contribution is -0.140. The summed E-state index contributed by atoms with van der Waals surface area (Å²) in [4.78, 5) is 29.0. The van der Waals surface area contributed by atoms with Crippen molar-refractivity contribution >= 4 is 17.4 Å². The monoisotopic (exact) mass is 396 g/mol. The molecule has 2 aromatic carbocycles. The zero-order chi connectivity index (χ0) is 21.1. The second-order valence-corrected chi connectivity index (χ2v) is 7.54. The second-order valence-electron chi connectivity index (χ2n) is 7.54. The summed E-state index contributed by atoms with van der Waals surface area (Å²) >= 11 is 0. The number of hydrogen-bond acceptors (Lipinski definition) is 4. The van der Waals surface area contributed by atoms with E-state index in [9.17, 15) is 19.1 Å². The fourth-order valence-electron chi connectivity index (χ4n) is 3.56. The molecule has 1 aliphatic heterocycles.